The topological polar surface area (TPSA) is 110 Å². The van der Waals surface area contributed by atoms with Crippen molar-refractivity contribution in [3.63, 3.8) is 0 Å². The van der Waals surface area contributed by atoms with Crippen LogP contribution in [0.3, 0.4) is 0 Å². The Balaban J connectivity index is 2.86. The van der Waals surface area contributed by atoms with E-state index in [1.807, 2.05) is 6.92 Å². The monoisotopic (exact) mass is 275 g/mol. The van der Waals surface area contributed by atoms with E-state index in [2.05, 4.69) is 5.32 Å². The smallest absolute Gasteiger partial charge is 0.229 e. The molecule has 0 aromatic heterocycles. The molecule has 112 valence electrons. The Morgan fingerprint density at radius 2 is 1.89 bits per heavy atom. The highest BCUT2D eigenvalue weighted by Gasteiger charge is 2.62. The van der Waals surface area contributed by atoms with E-state index < -0.39 is 42.3 Å². The predicted octanol–water partition coefficient (Wildman–Crippen LogP) is -0.852. The van der Waals surface area contributed by atoms with Crippen LogP contribution in [0.1, 0.15) is 39.5 Å². The minimum absolute atomic E-state index is 0.412. The first-order valence-corrected chi connectivity index (χ1v) is 6.80. The van der Waals surface area contributed by atoms with Gasteiger partial charge in [0.2, 0.25) is 5.91 Å². The standard InChI is InChI=1S/C13H25NO5/c1-3-4-5-6-9(17)10-11(18)14-13(7-15,8-16)12(10,2)19/h9-10,15-17,19H,3-8H2,1-2H3,(H,14,18)/t9?,10?,12-/m0/s1. The Morgan fingerprint density at radius 3 is 2.32 bits per heavy atom. The molecule has 1 rings (SSSR count). The fourth-order valence-electron chi connectivity index (χ4n) is 2.76. The quantitative estimate of drug-likeness (QED) is 0.389. The van der Waals surface area contributed by atoms with Gasteiger partial charge in [0.1, 0.15) is 11.1 Å². The van der Waals surface area contributed by atoms with Crippen LogP contribution < -0.4 is 5.32 Å². The first-order chi connectivity index (χ1) is 8.86. The zero-order valence-electron chi connectivity index (χ0n) is 11.6. The van der Waals surface area contributed by atoms with E-state index in [0.717, 1.165) is 19.3 Å². The van der Waals surface area contributed by atoms with Gasteiger partial charge in [-0.15, -0.1) is 0 Å². The number of nitrogens with one attached hydrogen (secondary N) is 1. The summed E-state index contributed by atoms with van der Waals surface area (Å²) in [5, 5.41) is 41.8. The Labute approximate surface area is 113 Å². The zero-order valence-corrected chi connectivity index (χ0v) is 11.6. The molecule has 5 N–H and O–H groups in total. The highest BCUT2D eigenvalue weighted by Crippen LogP contribution is 2.39. The Bertz CT molecular complexity index is 314. The van der Waals surface area contributed by atoms with Crippen molar-refractivity contribution in [3.8, 4) is 0 Å². The number of hydrogen-bond donors (Lipinski definition) is 5. The van der Waals surface area contributed by atoms with Gasteiger partial charge in [-0.3, -0.25) is 4.79 Å². The van der Waals surface area contributed by atoms with E-state index in [1.54, 1.807) is 0 Å². The van der Waals surface area contributed by atoms with Gasteiger partial charge in [-0.05, 0) is 13.3 Å². The number of rotatable bonds is 7. The maximum atomic E-state index is 11.9. The van der Waals surface area contributed by atoms with Crippen molar-refractivity contribution in [2.24, 2.45) is 5.92 Å². The number of hydrogen-bond acceptors (Lipinski definition) is 5. The van der Waals surface area contributed by atoms with Crippen LogP contribution in [0.15, 0.2) is 0 Å². The molecule has 0 saturated carbocycles. The number of aliphatic hydroxyl groups excluding tert-OH is 3. The van der Waals surface area contributed by atoms with Crippen molar-refractivity contribution in [1.82, 2.24) is 5.32 Å². The molecular formula is C13H25NO5. The molecule has 19 heavy (non-hydrogen) atoms. The summed E-state index contributed by atoms with van der Waals surface area (Å²) in [4.78, 5) is 11.9. The molecule has 1 aliphatic rings. The summed E-state index contributed by atoms with van der Waals surface area (Å²) >= 11 is 0. The van der Waals surface area contributed by atoms with Crippen molar-refractivity contribution in [1.29, 1.82) is 0 Å². The molecule has 1 saturated heterocycles. The lowest BCUT2D eigenvalue weighted by Crippen LogP contribution is -2.62. The van der Waals surface area contributed by atoms with Gasteiger partial charge in [0.25, 0.3) is 0 Å². The van der Waals surface area contributed by atoms with E-state index in [1.165, 1.54) is 6.92 Å². The summed E-state index contributed by atoms with van der Waals surface area (Å²) in [6.45, 7) is 2.24. The Kier molecular flexibility index (Phi) is 5.32. The summed E-state index contributed by atoms with van der Waals surface area (Å²) in [5.74, 6) is -1.57. The second kappa shape index (κ2) is 6.17. The Morgan fingerprint density at radius 1 is 1.32 bits per heavy atom. The van der Waals surface area contributed by atoms with Crippen LogP contribution in [0, 0.1) is 5.92 Å². The summed E-state index contributed by atoms with van der Waals surface area (Å²) in [5.41, 5.74) is -3.19. The molecule has 3 atom stereocenters. The minimum atomic E-state index is -1.70. The normalized spacial score (nSPS) is 31.3. The second-order valence-corrected chi connectivity index (χ2v) is 5.58. The van der Waals surface area contributed by atoms with Gasteiger partial charge in [-0.1, -0.05) is 26.2 Å². The number of aliphatic hydroxyl groups is 4. The Hall–Kier alpha value is -0.690. The first kappa shape index (κ1) is 16.4. The molecule has 0 aromatic carbocycles. The average molecular weight is 275 g/mol. The first-order valence-electron chi connectivity index (χ1n) is 6.80. The van der Waals surface area contributed by atoms with Crippen molar-refractivity contribution < 1.29 is 25.2 Å². The van der Waals surface area contributed by atoms with E-state index in [4.69, 9.17) is 0 Å². The number of unbranched alkanes of at least 4 members (excludes halogenated alkanes) is 2. The molecule has 1 fully saturated rings. The highest BCUT2D eigenvalue weighted by molar-refractivity contribution is 5.85. The van der Waals surface area contributed by atoms with Gasteiger partial charge < -0.3 is 25.7 Å². The predicted molar refractivity (Wildman–Crippen MR) is 69.3 cm³/mol. The number of carbonyl (C=O) groups excluding carboxylic acids is 1. The second-order valence-electron chi connectivity index (χ2n) is 5.58. The number of amides is 1. The zero-order chi connectivity index (χ0) is 14.7. The summed E-state index contributed by atoms with van der Waals surface area (Å²) in [6, 6.07) is 0. The lowest BCUT2D eigenvalue weighted by molar-refractivity contribution is -0.134. The van der Waals surface area contributed by atoms with Crippen molar-refractivity contribution in [2.45, 2.75) is 56.8 Å². The lowest BCUT2D eigenvalue weighted by Gasteiger charge is -2.39. The molecule has 1 heterocycles. The van der Waals surface area contributed by atoms with Crippen LogP contribution in [0.4, 0.5) is 0 Å². The van der Waals surface area contributed by atoms with Gasteiger partial charge in [0.05, 0.1) is 25.2 Å². The minimum Gasteiger partial charge on any atom is -0.394 e. The van der Waals surface area contributed by atoms with Crippen LogP contribution in [0.2, 0.25) is 0 Å². The summed E-state index contributed by atoms with van der Waals surface area (Å²) < 4.78 is 0. The van der Waals surface area contributed by atoms with E-state index in [9.17, 15) is 25.2 Å². The van der Waals surface area contributed by atoms with Crippen LogP contribution in [-0.4, -0.2) is 56.8 Å². The van der Waals surface area contributed by atoms with Crippen LogP contribution in [0.25, 0.3) is 0 Å². The molecule has 0 spiro atoms. The molecule has 0 aliphatic carbocycles. The maximum Gasteiger partial charge on any atom is 0.229 e. The third-order valence-corrected chi connectivity index (χ3v) is 4.25. The summed E-state index contributed by atoms with van der Waals surface area (Å²) in [7, 11) is 0. The third-order valence-electron chi connectivity index (χ3n) is 4.25. The average Bonchev–Trinajstić information content (AvgIpc) is 2.56. The molecule has 6 nitrogen and oxygen atoms in total. The van der Waals surface area contributed by atoms with E-state index in [-0.39, 0.29) is 0 Å². The number of carbonyl (C=O) groups is 1. The van der Waals surface area contributed by atoms with E-state index >= 15 is 0 Å². The van der Waals surface area contributed by atoms with Crippen molar-refractivity contribution >= 4 is 5.91 Å². The molecular weight excluding hydrogens is 250 g/mol. The van der Waals surface area contributed by atoms with Gasteiger partial charge in [-0.25, -0.2) is 0 Å². The SMILES string of the molecule is CCCCCC(O)C1C(=O)NC(CO)(CO)[C@@]1(C)O. The van der Waals surface area contributed by atoms with Gasteiger partial charge >= 0.3 is 0 Å². The van der Waals surface area contributed by atoms with Gasteiger partial charge in [0, 0.05) is 0 Å². The molecule has 0 bridgehead atoms. The third kappa shape index (κ3) is 2.76. The summed E-state index contributed by atoms with van der Waals surface area (Å²) in [6.07, 6.45) is 2.13. The molecule has 1 amide bonds. The van der Waals surface area contributed by atoms with Crippen LogP contribution >= 0.6 is 0 Å². The largest absolute Gasteiger partial charge is 0.394 e. The van der Waals surface area contributed by atoms with Crippen LogP contribution in [-0.2, 0) is 4.79 Å². The highest BCUT2D eigenvalue weighted by atomic mass is 16.3. The maximum absolute atomic E-state index is 11.9. The molecule has 0 radical (unpaired) electrons. The molecule has 1 aliphatic heterocycles. The van der Waals surface area contributed by atoms with E-state index in [0.29, 0.717) is 6.42 Å². The van der Waals surface area contributed by atoms with Crippen molar-refractivity contribution in [3.05, 3.63) is 0 Å². The molecule has 2 unspecified atom stereocenters. The fraction of sp³-hybridized carbons (Fsp3) is 0.923. The molecule has 0 aromatic rings. The molecule has 6 heteroatoms. The van der Waals surface area contributed by atoms with Gasteiger partial charge in [0.15, 0.2) is 0 Å². The van der Waals surface area contributed by atoms with Gasteiger partial charge in [-0.2, -0.15) is 0 Å². The van der Waals surface area contributed by atoms with Crippen LogP contribution in [0.5, 0.6) is 0 Å². The fourth-order valence-corrected chi connectivity index (χ4v) is 2.76. The lowest BCUT2D eigenvalue weighted by atomic mass is 9.74. The van der Waals surface area contributed by atoms with Crippen molar-refractivity contribution in [2.75, 3.05) is 13.2 Å².